The predicted molar refractivity (Wildman–Crippen MR) is 125 cm³/mol. The molecule has 4 aromatic rings. The molecule has 0 atom stereocenters. The third-order valence-electron chi connectivity index (χ3n) is 4.70. The molecule has 0 aliphatic heterocycles. The van der Waals surface area contributed by atoms with Gasteiger partial charge in [0.25, 0.3) is 5.91 Å². The van der Waals surface area contributed by atoms with Crippen molar-refractivity contribution in [1.29, 1.82) is 0 Å². The number of carbonyl (C=O) groups is 2. The molecule has 0 aliphatic carbocycles. The molecule has 2 aromatic carbocycles. The van der Waals surface area contributed by atoms with Gasteiger partial charge in [0.1, 0.15) is 4.83 Å². The topological polar surface area (TPSA) is 88.1 Å². The lowest BCUT2D eigenvalue weighted by Gasteiger charge is -2.07. The number of hydrogen-bond acceptors (Lipinski definition) is 4. The fourth-order valence-corrected chi connectivity index (χ4v) is 4.30. The number of anilines is 2. The number of nitrogens with one attached hydrogen (secondary N) is 3. The van der Waals surface area contributed by atoms with Gasteiger partial charge in [-0.3, -0.25) is 9.48 Å². The highest BCUT2D eigenvalue weighted by molar-refractivity contribution is 7.20. The smallest absolute Gasteiger partial charge is 0.318 e. The van der Waals surface area contributed by atoms with Gasteiger partial charge in [-0.15, -0.1) is 11.3 Å². The molecule has 0 aliphatic rings. The van der Waals surface area contributed by atoms with E-state index >= 15 is 0 Å². The van der Waals surface area contributed by atoms with Crippen molar-refractivity contribution in [1.82, 2.24) is 15.1 Å². The predicted octanol–water partition coefficient (Wildman–Crippen LogP) is 5.11. The number of aromatic nitrogens is 2. The molecule has 3 amide bonds. The number of amides is 3. The molecule has 0 spiro atoms. The Hall–Kier alpha value is -3.36. The molecular formula is C22H20ClN5O2S. The van der Waals surface area contributed by atoms with Crippen molar-refractivity contribution < 1.29 is 9.59 Å². The highest BCUT2D eigenvalue weighted by Crippen LogP contribution is 2.29. The summed E-state index contributed by atoms with van der Waals surface area (Å²) in [6.07, 6.45) is 0. The van der Waals surface area contributed by atoms with Crippen LogP contribution in [-0.4, -0.2) is 28.8 Å². The SMILES string of the molecule is CNC(=O)Nc1ccc(NC(=O)c2cc3c(C)nn(Cc4ccc(Cl)cc4)c3s2)cc1. The Morgan fingerprint density at radius 2 is 1.68 bits per heavy atom. The van der Waals surface area contributed by atoms with Gasteiger partial charge in [-0.05, 0) is 55.0 Å². The van der Waals surface area contributed by atoms with Crippen molar-refractivity contribution in [3.8, 4) is 0 Å². The first-order valence-corrected chi connectivity index (χ1v) is 10.7. The molecule has 3 N–H and O–H groups in total. The minimum absolute atomic E-state index is 0.189. The van der Waals surface area contributed by atoms with Crippen LogP contribution in [0.25, 0.3) is 10.2 Å². The van der Waals surface area contributed by atoms with Crippen molar-refractivity contribution in [2.45, 2.75) is 13.5 Å². The summed E-state index contributed by atoms with van der Waals surface area (Å²) in [6.45, 7) is 2.54. The van der Waals surface area contributed by atoms with Crippen LogP contribution in [0.1, 0.15) is 20.9 Å². The lowest BCUT2D eigenvalue weighted by Crippen LogP contribution is -2.24. The number of nitrogens with zero attached hydrogens (tertiary/aromatic N) is 2. The van der Waals surface area contributed by atoms with Gasteiger partial charge < -0.3 is 16.0 Å². The second-order valence-electron chi connectivity index (χ2n) is 6.93. The van der Waals surface area contributed by atoms with Crippen LogP contribution in [0.15, 0.2) is 54.6 Å². The van der Waals surface area contributed by atoms with E-state index in [2.05, 4.69) is 21.0 Å². The van der Waals surface area contributed by atoms with E-state index < -0.39 is 0 Å². The Bertz CT molecular complexity index is 1250. The largest absolute Gasteiger partial charge is 0.341 e. The summed E-state index contributed by atoms with van der Waals surface area (Å²) in [5, 5.41) is 14.3. The molecular weight excluding hydrogens is 434 g/mol. The molecule has 0 unspecified atom stereocenters. The van der Waals surface area contributed by atoms with E-state index in [-0.39, 0.29) is 11.9 Å². The molecule has 9 heteroatoms. The summed E-state index contributed by atoms with van der Waals surface area (Å²) in [5.41, 5.74) is 3.24. The zero-order valence-electron chi connectivity index (χ0n) is 16.9. The number of carbonyl (C=O) groups excluding carboxylic acids is 2. The van der Waals surface area contributed by atoms with Gasteiger partial charge in [-0.2, -0.15) is 5.10 Å². The summed E-state index contributed by atoms with van der Waals surface area (Å²) >= 11 is 7.38. The highest BCUT2D eigenvalue weighted by atomic mass is 35.5. The first kappa shape index (κ1) is 20.9. The Morgan fingerprint density at radius 1 is 1.03 bits per heavy atom. The summed E-state index contributed by atoms with van der Waals surface area (Å²) in [5.74, 6) is -0.189. The lowest BCUT2D eigenvalue weighted by molar-refractivity contribution is 0.103. The third-order valence-corrected chi connectivity index (χ3v) is 6.10. The van der Waals surface area contributed by atoms with Gasteiger partial charge in [-0.1, -0.05) is 23.7 Å². The summed E-state index contributed by atoms with van der Waals surface area (Å²) in [7, 11) is 1.55. The standard InChI is InChI=1S/C22H20ClN5O2S/c1-13-18-11-19(20(29)25-16-7-9-17(10-8-16)26-22(30)24-2)31-21(18)28(27-13)12-14-3-5-15(23)6-4-14/h3-11H,12H2,1-2H3,(H,25,29)(H2,24,26,30). The second kappa shape index (κ2) is 8.79. The van der Waals surface area contributed by atoms with E-state index in [1.165, 1.54) is 11.3 Å². The molecule has 31 heavy (non-hydrogen) atoms. The first-order valence-electron chi connectivity index (χ1n) is 9.54. The van der Waals surface area contributed by atoms with Crippen LogP contribution in [0.3, 0.4) is 0 Å². The summed E-state index contributed by atoms with van der Waals surface area (Å²) < 4.78 is 1.91. The number of rotatable bonds is 5. The molecule has 158 valence electrons. The zero-order chi connectivity index (χ0) is 22.0. The molecule has 7 nitrogen and oxygen atoms in total. The average molecular weight is 454 g/mol. The van der Waals surface area contributed by atoms with Crippen molar-refractivity contribution in [2.24, 2.45) is 0 Å². The maximum atomic E-state index is 12.8. The van der Waals surface area contributed by atoms with Crippen LogP contribution >= 0.6 is 22.9 Å². The normalized spacial score (nSPS) is 10.8. The minimum atomic E-state index is -0.301. The quantitative estimate of drug-likeness (QED) is 0.392. The fourth-order valence-electron chi connectivity index (χ4n) is 3.12. The Kier molecular flexibility index (Phi) is 5.92. The van der Waals surface area contributed by atoms with Crippen molar-refractivity contribution in [3.05, 3.63) is 75.8 Å². The van der Waals surface area contributed by atoms with Crippen LogP contribution in [0.4, 0.5) is 16.2 Å². The number of fused-ring (bicyclic) bond motifs is 1. The summed E-state index contributed by atoms with van der Waals surface area (Å²) in [4.78, 5) is 25.7. The Morgan fingerprint density at radius 3 is 2.32 bits per heavy atom. The number of urea groups is 1. The van der Waals surface area contributed by atoms with Crippen LogP contribution in [0, 0.1) is 6.92 Å². The van der Waals surface area contributed by atoms with E-state index in [1.807, 2.05) is 41.9 Å². The Labute approximate surface area is 188 Å². The number of thiophene rings is 1. The van der Waals surface area contributed by atoms with Gasteiger partial charge in [0.15, 0.2) is 0 Å². The van der Waals surface area contributed by atoms with Crippen molar-refractivity contribution >= 4 is 56.5 Å². The number of halogens is 1. The van der Waals surface area contributed by atoms with Crippen LogP contribution in [0.2, 0.25) is 5.02 Å². The van der Waals surface area contributed by atoms with Gasteiger partial charge >= 0.3 is 6.03 Å². The van der Waals surface area contributed by atoms with E-state index in [1.54, 1.807) is 31.3 Å². The molecule has 0 saturated heterocycles. The average Bonchev–Trinajstić information content (AvgIpc) is 3.32. The van der Waals surface area contributed by atoms with Crippen LogP contribution < -0.4 is 16.0 Å². The molecule has 0 bridgehead atoms. The molecule has 0 saturated carbocycles. The maximum absolute atomic E-state index is 12.8. The van der Waals surface area contributed by atoms with Crippen molar-refractivity contribution in [2.75, 3.05) is 17.7 Å². The van der Waals surface area contributed by atoms with Gasteiger partial charge in [0, 0.05) is 28.8 Å². The van der Waals surface area contributed by atoms with E-state index in [4.69, 9.17) is 11.6 Å². The zero-order valence-corrected chi connectivity index (χ0v) is 18.5. The second-order valence-corrected chi connectivity index (χ2v) is 8.40. The molecule has 2 aromatic heterocycles. The molecule has 2 heterocycles. The van der Waals surface area contributed by atoms with E-state index in [0.717, 1.165) is 21.5 Å². The van der Waals surface area contributed by atoms with Crippen molar-refractivity contribution in [3.63, 3.8) is 0 Å². The monoisotopic (exact) mass is 453 g/mol. The van der Waals surface area contributed by atoms with E-state index in [0.29, 0.717) is 27.8 Å². The Balaban J connectivity index is 1.51. The van der Waals surface area contributed by atoms with Gasteiger partial charge in [-0.25, -0.2) is 4.79 Å². The lowest BCUT2D eigenvalue weighted by atomic mass is 10.2. The van der Waals surface area contributed by atoms with Crippen LogP contribution in [-0.2, 0) is 6.54 Å². The first-order chi connectivity index (χ1) is 14.9. The van der Waals surface area contributed by atoms with E-state index in [9.17, 15) is 9.59 Å². The highest BCUT2D eigenvalue weighted by Gasteiger charge is 2.17. The number of hydrogen-bond donors (Lipinski definition) is 3. The van der Waals surface area contributed by atoms with Gasteiger partial charge in [0.05, 0.1) is 17.1 Å². The van der Waals surface area contributed by atoms with Crippen LogP contribution in [0.5, 0.6) is 0 Å². The molecule has 4 rings (SSSR count). The number of aryl methyl sites for hydroxylation is 1. The fraction of sp³-hybridized carbons (Fsp3) is 0.136. The summed E-state index contributed by atoms with van der Waals surface area (Å²) in [6, 6.07) is 16.1. The molecule has 0 radical (unpaired) electrons. The molecule has 0 fully saturated rings. The van der Waals surface area contributed by atoms with Gasteiger partial charge in [0.2, 0.25) is 0 Å². The maximum Gasteiger partial charge on any atom is 0.318 e. The minimum Gasteiger partial charge on any atom is -0.341 e. The third kappa shape index (κ3) is 4.70. The number of benzene rings is 2.